The van der Waals surface area contributed by atoms with Crippen LogP contribution in [0.3, 0.4) is 0 Å². The van der Waals surface area contributed by atoms with E-state index in [0.29, 0.717) is 0 Å². The second kappa shape index (κ2) is 5.42. The van der Waals surface area contributed by atoms with Crippen molar-refractivity contribution in [3.63, 3.8) is 0 Å². The summed E-state index contributed by atoms with van der Waals surface area (Å²) < 4.78 is 16.1. The first-order chi connectivity index (χ1) is 3.31. The van der Waals surface area contributed by atoms with Gasteiger partial charge in [0.05, 0.1) is 0 Å². The van der Waals surface area contributed by atoms with Crippen molar-refractivity contribution in [2.45, 2.75) is 4.68 Å². The van der Waals surface area contributed by atoms with Gasteiger partial charge in [-0.15, -0.1) is 0 Å². The van der Waals surface area contributed by atoms with Gasteiger partial charge in [-0.3, -0.25) is 0 Å². The molecule has 0 aliphatic rings. The van der Waals surface area contributed by atoms with E-state index in [1.54, 1.807) is 6.08 Å². The molecule has 0 aromatic rings. The molecule has 0 N–H and O–H groups in total. The molecule has 0 rings (SSSR count). The Morgan fingerprint density at radius 1 is 1.86 bits per heavy atom. The third-order valence-electron chi connectivity index (χ3n) is 0.531. The first kappa shape index (κ1) is 8.28. The minimum atomic E-state index is -0.862. The van der Waals surface area contributed by atoms with Crippen LogP contribution in [-0.2, 0) is 0 Å². The molecule has 0 atom stereocenters. The molecule has 0 heterocycles. The minimum absolute atomic E-state index is 0.169. The van der Waals surface area contributed by atoms with E-state index in [0.717, 1.165) is 23.9 Å². The Balaban J connectivity index is 3.49. The van der Waals surface area contributed by atoms with Crippen molar-refractivity contribution >= 4 is 50.6 Å². The Hall–Kier alpha value is 1.28. The Kier molecular flexibility index (Phi) is 6.41. The SMILES string of the molecule is [CH3][In]/[C](F)=C\[CH]=[In]. The number of halogens is 1. The van der Waals surface area contributed by atoms with Gasteiger partial charge in [-0.1, -0.05) is 0 Å². The molecule has 0 aliphatic heterocycles. The summed E-state index contributed by atoms with van der Waals surface area (Å²) in [6, 6.07) is 0. The van der Waals surface area contributed by atoms with Crippen molar-refractivity contribution in [1.29, 1.82) is 0 Å². The van der Waals surface area contributed by atoms with Crippen LogP contribution >= 0.6 is 0 Å². The van der Waals surface area contributed by atoms with E-state index in [-0.39, 0.29) is 3.58 Å². The summed E-state index contributed by atoms with van der Waals surface area (Å²) in [5.41, 5.74) is 0. The Morgan fingerprint density at radius 2 is 2.43 bits per heavy atom. The predicted molar refractivity (Wildman–Crippen MR) is 32.6 cm³/mol. The molecule has 0 amide bonds. The Morgan fingerprint density at radius 3 is 2.57 bits per heavy atom. The van der Waals surface area contributed by atoms with Crippen LogP contribution in [0.2, 0.25) is 4.68 Å². The van der Waals surface area contributed by atoms with Crippen molar-refractivity contribution in [2.24, 2.45) is 0 Å². The molecule has 0 saturated carbocycles. The van der Waals surface area contributed by atoms with Gasteiger partial charge in [0.1, 0.15) is 0 Å². The van der Waals surface area contributed by atoms with Gasteiger partial charge in [0, 0.05) is 0 Å². The van der Waals surface area contributed by atoms with Gasteiger partial charge in [0.2, 0.25) is 0 Å². The van der Waals surface area contributed by atoms with Gasteiger partial charge < -0.3 is 0 Å². The fourth-order valence-electron chi connectivity index (χ4n) is 0.188. The molecule has 0 fully saturated rings. The molecule has 2 radical (unpaired) electrons. The normalized spacial score (nSPS) is 10.7. The zero-order chi connectivity index (χ0) is 5.70. The topological polar surface area (TPSA) is 0 Å². The van der Waals surface area contributed by atoms with Crippen molar-refractivity contribution < 1.29 is 4.39 Å². The molecular weight excluding hydrogens is 297 g/mol. The number of rotatable bonds is 2. The third kappa shape index (κ3) is 5.15. The summed E-state index contributed by atoms with van der Waals surface area (Å²) in [4.78, 5) is 0. The predicted octanol–water partition coefficient (Wildman–Crippen LogP) is 0.520. The maximum atomic E-state index is 12.1. The van der Waals surface area contributed by atoms with Gasteiger partial charge in [-0.2, -0.15) is 0 Å². The number of hydrogen-bond donors (Lipinski definition) is 0. The van der Waals surface area contributed by atoms with Crippen molar-refractivity contribution in [3.05, 3.63) is 9.66 Å². The molecule has 3 heteroatoms. The molecule has 0 aromatic heterocycles. The van der Waals surface area contributed by atoms with Gasteiger partial charge in [0.25, 0.3) is 0 Å². The monoisotopic (exact) mass is 302 g/mol. The quantitative estimate of drug-likeness (QED) is 0.698. The molecular formula is C4H5FIn2. The van der Waals surface area contributed by atoms with E-state index in [9.17, 15) is 4.39 Å². The molecule has 0 spiro atoms. The first-order valence-electron chi connectivity index (χ1n) is 2.01. The van der Waals surface area contributed by atoms with Gasteiger partial charge >= 0.3 is 69.3 Å². The molecule has 0 unspecified atom stereocenters. The summed E-state index contributed by atoms with van der Waals surface area (Å²) in [7, 11) is 0. The zero-order valence-corrected chi connectivity index (χ0v) is 10.8. The molecule has 0 nitrogen and oxygen atoms in total. The van der Waals surface area contributed by atoms with Crippen LogP contribution in [0.4, 0.5) is 4.39 Å². The van der Waals surface area contributed by atoms with E-state index >= 15 is 0 Å². The average molecular weight is 302 g/mol. The van der Waals surface area contributed by atoms with Crippen LogP contribution in [0, 0.1) is 0 Å². The van der Waals surface area contributed by atoms with Crippen LogP contribution in [0.15, 0.2) is 9.66 Å². The van der Waals surface area contributed by atoms with Crippen LogP contribution in [0.5, 0.6) is 0 Å². The fraction of sp³-hybridized carbons (Fsp3) is 0.250. The van der Waals surface area contributed by atoms with Crippen LogP contribution in [-0.4, -0.2) is 50.6 Å². The molecule has 0 aliphatic carbocycles. The van der Waals surface area contributed by atoms with E-state index in [1.165, 1.54) is 0 Å². The Bertz CT molecular complexity index is 87.7. The average Bonchev–Trinajstić information content (AvgIpc) is 1.68. The summed E-state index contributed by atoms with van der Waals surface area (Å²) in [5, 5.41) is 0. The standard InChI is InChI=1S/C3H2F.CH3.2In/c1-2-3-4;;;/h1-2H;1H3;;. The van der Waals surface area contributed by atoms with Crippen molar-refractivity contribution in [1.82, 2.24) is 0 Å². The van der Waals surface area contributed by atoms with E-state index < -0.39 is 22.9 Å². The summed E-state index contributed by atoms with van der Waals surface area (Å²) in [5.74, 6) is 0. The molecule has 0 bridgehead atoms. The van der Waals surface area contributed by atoms with Crippen LogP contribution in [0.25, 0.3) is 0 Å². The van der Waals surface area contributed by atoms with Gasteiger partial charge in [0.15, 0.2) is 0 Å². The summed E-state index contributed by atoms with van der Waals surface area (Å²) >= 11 is 0.173. The summed E-state index contributed by atoms with van der Waals surface area (Å²) in [6.07, 6.45) is 1.61. The molecule has 7 heavy (non-hydrogen) atoms. The first-order valence-corrected chi connectivity index (χ1v) is 8.86. The second-order valence-corrected chi connectivity index (χ2v) is 5.35. The molecule has 34 valence electrons. The zero-order valence-electron chi connectivity index (χ0n) is 4.19. The second-order valence-electron chi connectivity index (χ2n) is 1.03. The van der Waals surface area contributed by atoms with Gasteiger partial charge in [-0.25, -0.2) is 0 Å². The summed E-state index contributed by atoms with van der Waals surface area (Å²) in [6.45, 7) is 0. The van der Waals surface area contributed by atoms with Crippen molar-refractivity contribution in [2.75, 3.05) is 0 Å². The van der Waals surface area contributed by atoms with Crippen molar-refractivity contribution in [3.8, 4) is 0 Å². The maximum absolute atomic E-state index is 12.1. The number of hydrogen-bond acceptors (Lipinski definition) is 0. The van der Waals surface area contributed by atoms with E-state index in [2.05, 4.69) is 0 Å². The molecule has 0 aromatic carbocycles. The Labute approximate surface area is 68.6 Å². The fourth-order valence-corrected chi connectivity index (χ4v) is 3.39. The van der Waals surface area contributed by atoms with Crippen LogP contribution < -0.4 is 0 Å². The van der Waals surface area contributed by atoms with Gasteiger partial charge in [-0.05, 0) is 0 Å². The van der Waals surface area contributed by atoms with E-state index in [1.807, 2.05) is 8.44 Å². The van der Waals surface area contributed by atoms with Crippen LogP contribution in [0.1, 0.15) is 0 Å². The third-order valence-corrected chi connectivity index (χ3v) is 3.20. The number of allylic oxidation sites excluding steroid dienone is 1. The van der Waals surface area contributed by atoms with E-state index in [4.69, 9.17) is 0 Å². The molecule has 0 saturated heterocycles.